The van der Waals surface area contributed by atoms with E-state index in [0.29, 0.717) is 48.1 Å². The maximum Gasteiger partial charge on any atom is 0.302 e. The van der Waals surface area contributed by atoms with Gasteiger partial charge >= 0.3 is 5.97 Å². The van der Waals surface area contributed by atoms with Crippen molar-refractivity contribution in [2.24, 2.45) is 40.4 Å². The van der Waals surface area contributed by atoms with Crippen LogP contribution in [0.2, 0.25) is 0 Å². The fourth-order valence-electron chi connectivity index (χ4n) is 8.12. The van der Waals surface area contributed by atoms with Crippen LogP contribution in [0.1, 0.15) is 79.1 Å². The van der Waals surface area contributed by atoms with E-state index < -0.39 is 0 Å². The lowest BCUT2D eigenvalue weighted by Gasteiger charge is -2.62. The first-order chi connectivity index (χ1) is 12.7. The number of rotatable bonds is 2. The minimum atomic E-state index is -0.212. The summed E-state index contributed by atoms with van der Waals surface area (Å²) in [6.45, 7) is 7.88. The Balaban J connectivity index is 1.73. The van der Waals surface area contributed by atoms with Gasteiger partial charge in [0.15, 0.2) is 0 Å². The molecule has 4 fully saturated rings. The molecule has 4 nitrogen and oxygen atoms in total. The molecule has 27 heavy (non-hydrogen) atoms. The van der Waals surface area contributed by atoms with Gasteiger partial charge in [-0.25, -0.2) is 0 Å². The van der Waals surface area contributed by atoms with Crippen LogP contribution in [0.4, 0.5) is 0 Å². The fourth-order valence-corrected chi connectivity index (χ4v) is 8.12. The second-order valence-corrected chi connectivity index (χ2v) is 10.4. The van der Waals surface area contributed by atoms with Gasteiger partial charge in [0.1, 0.15) is 17.7 Å². The molecule has 4 saturated carbocycles. The van der Waals surface area contributed by atoms with Crippen LogP contribution < -0.4 is 0 Å². The zero-order valence-electron chi connectivity index (χ0n) is 17.3. The SMILES string of the molecule is CC(=O)O[C@@H]1C[C@]2(C)C(C(C)=O)CCC2C2CC[C@@H]3CC(=O)CC[C@]3(C)C21. The summed E-state index contributed by atoms with van der Waals surface area (Å²) in [6.07, 6.45) is 7.29. The van der Waals surface area contributed by atoms with E-state index >= 15 is 0 Å². The summed E-state index contributed by atoms with van der Waals surface area (Å²) in [7, 11) is 0. The zero-order valence-corrected chi connectivity index (χ0v) is 17.3. The Morgan fingerprint density at radius 2 is 1.78 bits per heavy atom. The van der Waals surface area contributed by atoms with Gasteiger partial charge < -0.3 is 4.74 Å². The fraction of sp³-hybridized carbons (Fsp3) is 0.870. The third-order valence-corrected chi connectivity index (χ3v) is 9.20. The van der Waals surface area contributed by atoms with Crippen molar-refractivity contribution in [3.8, 4) is 0 Å². The molecule has 150 valence electrons. The minimum absolute atomic E-state index is 0.0548. The molecule has 0 aliphatic heterocycles. The number of carbonyl (C=O) groups excluding carboxylic acids is 3. The Labute approximate surface area is 162 Å². The third-order valence-electron chi connectivity index (χ3n) is 9.20. The summed E-state index contributed by atoms with van der Waals surface area (Å²) < 4.78 is 5.97. The molecule has 4 aliphatic carbocycles. The average molecular weight is 375 g/mol. The molecule has 0 aromatic carbocycles. The highest BCUT2D eigenvalue weighted by atomic mass is 16.5. The average Bonchev–Trinajstić information content (AvgIpc) is 2.91. The second-order valence-electron chi connectivity index (χ2n) is 10.4. The zero-order chi connectivity index (χ0) is 19.6. The maximum absolute atomic E-state index is 12.4. The van der Waals surface area contributed by atoms with Crippen LogP contribution in [0.15, 0.2) is 0 Å². The Kier molecular flexibility index (Phi) is 4.55. The molecule has 0 saturated heterocycles. The van der Waals surface area contributed by atoms with Gasteiger partial charge in [0.25, 0.3) is 0 Å². The highest BCUT2D eigenvalue weighted by molar-refractivity contribution is 5.80. The van der Waals surface area contributed by atoms with E-state index in [1.165, 1.54) is 6.92 Å². The van der Waals surface area contributed by atoms with Crippen molar-refractivity contribution in [1.82, 2.24) is 0 Å². The highest BCUT2D eigenvalue weighted by Crippen LogP contribution is 2.67. The Bertz CT molecular complexity index is 669. The molecule has 4 aliphatic rings. The molecule has 0 heterocycles. The lowest BCUT2D eigenvalue weighted by molar-refractivity contribution is -0.193. The topological polar surface area (TPSA) is 60.4 Å². The predicted octanol–water partition coefficient (Wildman–Crippen LogP) is 4.35. The lowest BCUT2D eigenvalue weighted by Crippen LogP contribution is -2.60. The van der Waals surface area contributed by atoms with Gasteiger partial charge in [-0.05, 0) is 74.0 Å². The molecule has 0 N–H and O–H groups in total. The highest BCUT2D eigenvalue weighted by Gasteiger charge is 2.64. The molecule has 8 atom stereocenters. The lowest BCUT2D eigenvalue weighted by atomic mass is 9.44. The first-order valence-corrected chi connectivity index (χ1v) is 10.9. The van der Waals surface area contributed by atoms with Gasteiger partial charge in [0, 0.05) is 31.6 Å². The molecule has 0 bridgehead atoms. The van der Waals surface area contributed by atoms with Crippen LogP contribution in [-0.4, -0.2) is 23.6 Å². The molecule has 4 heteroatoms. The van der Waals surface area contributed by atoms with Crippen LogP contribution in [-0.2, 0) is 19.1 Å². The van der Waals surface area contributed by atoms with Crippen LogP contribution in [0.25, 0.3) is 0 Å². The van der Waals surface area contributed by atoms with E-state index in [2.05, 4.69) is 13.8 Å². The van der Waals surface area contributed by atoms with Gasteiger partial charge in [0.05, 0.1) is 0 Å². The summed E-state index contributed by atoms with van der Waals surface area (Å²) >= 11 is 0. The normalized spacial score (nSPS) is 49.0. The second kappa shape index (κ2) is 6.42. The van der Waals surface area contributed by atoms with Crippen molar-refractivity contribution in [1.29, 1.82) is 0 Å². The van der Waals surface area contributed by atoms with Crippen LogP contribution >= 0.6 is 0 Å². The number of ketones is 2. The number of hydrogen-bond donors (Lipinski definition) is 0. The number of esters is 1. The monoisotopic (exact) mass is 374 g/mol. The van der Waals surface area contributed by atoms with Gasteiger partial charge in [-0.1, -0.05) is 13.8 Å². The molecule has 0 amide bonds. The van der Waals surface area contributed by atoms with Crippen LogP contribution in [0.3, 0.4) is 0 Å². The Hall–Kier alpha value is -1.19. The Morgan fingerprint density at radius 3 is 2.44 bits per heavy atom. The molecule has 4 unspecified atom stereocenters. The summed E-state index contributed by atoms with van der Waals surface area (Å²) in [4.78, 5) is 36.5. The quantitative estimate of drug-likeness (QED) is 0.675. The van der Waals surface area contributed by atoms with E-state index in [1.807, 2.05) is 0 Å². The standard InChI is InChI=1S/C23H34O4/c1-13(24)18-7-8-19-17-6-5-15-11-16(26)9-10-22(15,3)21(17)20(27-14(2)25)12-23(18,19)4/h15,17-21H,5-12H2,1-4H3/t15-,17?,18?,19?,20-,21?,22+,23-/m1/s1. The molecule has 0 aromatic rings. The number of ether oxygens (including phenoxy) is 1. The summed E-state index contributed by atoms with van der Waals surface area (Å²) in [5.41, 5.74) is 0.0212. The first kappa shape index (κ1) is 19.1. The van der Waals surface area contributed by atoms with Crippen molar-refractivity contribution < 1.29 is 19.1 Å². The van der Waals surface area contributed by atoms with Crippen molar-refractivity contribution >= 4 is 17.5 Å². The Morgan fingerprint density at radius 1 is 1.04 bits per heavy atom. The maximum atomic E-state index is 12.4. The smallest absolute Gasteiger partial charge is 0.302 e. The molecule has 4 rings (SSSR count). The van der Waals surface area contributed by atoms with E-state index in [4.69, 9.17) is 4.74 Å². The molecular weight excluding hydrogens is 340 g/mol. The van der Waals surface area contributed by atoms with E-state index in [0.717, 1.165) is 38.5 Å². The number of hydrogen-bond acceptors (Lipinski definition) is 4. The summed E-state index contributed by atoms with van der Waals surface area (Å²) in [5.74, 6) is 2.38. The van der Waals surface area contributed by atoms with Crippen molar-refractivity contribution in [3.63, 3.8) is 0 Å². The van der Waals surface area contributed by atoms with E-state index in [1.54, 1.807) is 6.92 Å². The summed E-state index contributed by atoms with van der Waals surface area (Å²) in [5, 5.41) is 0. The molecule has 0 aromatic heterocycles. The molecule has 0 radical (unpaired) electrons. The molecular formula is C23H34O4. The van der Waals surface area contributed by atoms with Crippen molar-refractivity contribution in [2.45, 2.75) is 85.2 Å². The predicted molar refractivity (Wildman–Crippen MR) is 102 cm³/mol. The van der Waals surface area contributed by atoms with Crippen LogP contribution in [0, 0.1) is 40.4 Å². The van der Waals surface area contributed by atoms with Gasteiger partial charge in [-0.2, -0.15) is 0 Å². The number of fused-ring (bicyclic) bond motifs is 5. The van der Waals surface area contributed by atoms with Gasteiger partial charge in [-0.15, -0.1) is 0 Å². The number of Topliss-reactive ketones (excluding diaryl/α,β-unsaturated/α-hetero) is 2. The molecule has 0 spiro atoms. The first-order valence-electron chi connectivity index (χ1n) is 10.9. The van der Waals surface area contributed by atoms with E-state index in [-0.39, 0.29) is 28.8 Å². The minimum Gasteiger partial charge on any atom is -0.462 e. The van der Waals surface area contributed by atoms with Crippen molar-refractivity contribution in [2.75, 3.05) is 0 Å². The largest absolute Gasteiger partial charge is 0.462 e. The van der Waals surface area contributed by atoms with Crippen molar-refractivity contribution in [3.05, 3.63) is 0 Å². The third kappa shape index (κ3) is 2.81. The van der Waals surface area contributed by atoms with Gasteiger partial charge in [-0.3, -0.25) is 14.4 Å². The number of carbonyl (C=O) groups is 3. The van der Waals surface area contributed by atoms with Gasteiger partial charge in [0.2, 0.25) is 0 Å². The summed E-state index contributed by atoms with van der Waals surface area (Å²) in [6, 6.07) is 0. The van der Waals surface area contributed by atoms with Crippen LogP contribution in [0.5, 0.6) is 0 Å². The van der Waals surface area contributed by atoms with E-state index in [9.17, 15) is 14.4 Å².